The van der Waals surface area contributed by atoms with Gasteiger partial charge < -0.3 is 5.32 Å². The fraction of sp³-hybridized carbons (Fsp3) is 0.500. The van der Waals surface area contributed by atoms with Gasteiger partial charge in [0.25, 0.3) is 5.91 Å². The maximum Gasteiger partial charge on any atom is 0.251 e. The lowest BCUT2D eigenvalue weighted by Gasteiger charge is -2.27. The first kappa shape index (κ1) is 11.2. The van der Waals surface area contributed by atoms with E-state index in [-0.39, 0.29) is 5.91 Å². The first-order valence-corrected chi connectivity index (χ1v) is 6.02. The Morgan fingerprint density at radius 3 is 2.81 bits per heavy atom. The molecule has 1 aromatic rings. The number of rotatable bonds is 2. The lowest BCUT2D eigenvalue weighted by molar-refractivity contribution is 0.0939. The number of hydrogen-bond donors (Lipinski definition) is 1. The van der Waals surface area contributed by atoms with Crippen LogP contribution in [0.15, 0.2) is 12.1 Å². The van der Waals surface area contributed by atoms with Crippen LogP contribution in [0, 0.1) is 13.8 Å². The molecule has 2 nitrogen and oxygen atoms in total. The van der Waals surface area contributed by atoms with Crippen LogP contribution in [-0.4, -0.2) is 12.5 Å². The fourth-order valence-corrected chi connectivity index (χ4v) is 2.72. The zero-order chi connectivity index (χ0) is 11.7. The summed E-state index contributed by atoms with van der Waals surface area (Å²) in [7, 11) is 0. The minimum Gasteiger partial charge on any atom is -0.351 e. The fourth-order valence-electron chi connectivity index (χ4n) is 2.72. The van der Waals surface area contributed by atoms with E-state index in [0.717, 1.165) is 24.9 Å². The molecule has 16 heavy (non-hydrogen) atoms. The van der Waals surface area contributed by atoms with E-state index in [2.05, 4.69) is 25.2 Å². The van der Waals surface area contributed by atoms with Gasteiger partial charge in [0.2, 0.25) is 0 Å². The molecule has 1 N–H and O–H groups in total. The van der Waals surface area contributed by atoms with E-state index in [0.29, 0.717) is 5.92 Å². The molecule has 1 aliphatic rings. The smallest absolute Gasteiger partial charge is 0.251 e. The molecule has 86 valence electrons. The van der Waals surface area contributed by atoms with E-state index >= 15 is 0 Å². The first-order chi connectivity index (χ1) is 7.63. The Balaban J connectivity index is 2.52. The summed E-state index contributed by atoms with van der Waals surface area (Å²) in [4.78, 5) is 11.8. The van der Waals surface area contributed by atoms with Crippen molar-refractivity contribution >= 4 is 5.91 Å². The number of aryl methyl sites for hydroxylation is 2. The van der Waals surface area contributed by atoms with E-state index in [9.17, 15) is 4.79 Å². The van der Waals surface area contributed by atoms with Crippen LogP contribution < -0.4 is 5.32 Å². The zero-order valence-electron chi connectivity index (χ0n) is 10.3. The average molecular weight is 217 g/mol. The van der Waals surface area contributed by atoms with E-state index in [1.165, 1.54) is 16.7 Å². The van der Waals surface area contributed by atoms with Gasteiger partial charge in [-0.05, 0) is 37.5 Å². The van der Waals surface area contributed by atoms with Gasteiger partial charge in [-0.1, -0.05) is 25.0 Å². The molecule has 2 heteroatoms. The summed E-state index contributed by atoms with van der Waals surface area (Å²) in [6, 6.07) is 4.19. The minimum absolute atomic E-state index is 0.0918. The third kappa shape index (κ3) is 1.84. The van der Waals surface area contributed by atoms with Crippen molar-refractivity contribution < 1.29 is 4.79 Å². The summed E-state index contributed by atoms with van der Waals surface area (Å²) >= 11 is 0. The second-order valence-electron chi connectivity index (χ2n) is 4.74. The highest BCUT2D eigenvalue weighted by Gasteiger charge is 2.26. The van der Waals surface area contributed by atoms with Crippen LogP contribution in [0.4, 0.5) is 0 Å². The third-order valence-electron chi connectivity index (χ3n) is 3.33. The molecule has 0 fully saturated rings. The quantitative estimate of drug-likeness (QED) is 0.810. The lowest BCUT2D eigenvalue weighted by atomic mass is 9.83. The van der Waals surface area contributed by atoms with Crippen LogP contribution in [0.5, 0.6) is 0 Å². The topological polar surface area (TPSA) is 29.1 Å². The van der Waals surface area contributed by atoms with E-state index in [4.69, 9.17) is 0 Å². The Morgan fingerprint density at radius 1 is 1.38 bits per heavy atom. The van der Waals surface area contributed by atoms with Crippen LogP contribution >= 0.6 is 0 Å². The summed E-state index contributed by atoms with van der Waals surface area (Å²) in [6.07, 6.45) is 2.31. The summed E-state index contributed by atoms with van der Waals surface area (Å²) in [5.41, 5.74) is 4.60. The minimum atomic E-state index is 0.0918. The monoisotopic (exact) mass is 217 g/mol. The van der Waals surface area contributed by atoms with Crippen LogP contribution in [0.25, 0.3) is 0 Å². The summed E-state index contributed by atoms with van der Waals surface area (Å²) in [5, 5.41) is 2.99. The molecule has 1 atom stereocenters. The summed E-state index contributed by atoms with van der Waals surface area (Å²) < 4.78 is 0. The second-order valence-corrected chi connectivity index (χ2v) is 4.74. The molecule has 1 heterocycles. The normalized spacial score (nSPS) is 19.2. The van der Waals surface area contributed by atoms with Gasteiger partial charge in [0, 0.05) is 18.0 Å². The van der Waals surface area contributed by atoms with Crippen molar-refractivity contribution in [1.82, 2.24) is 5.32 Å². The van der Waals surface area contributed by atoms with Crippen molar-refractivity contribution in [2.75, 3.05) is 6.54 Å². The molecule has 0 saturated heterocycles. The Morgan fingerprint density at radius 2 is 2.12 bits per heavy atom. The van der Waals surface area contributed by atoms with Gasteiger partial charge in [-0.2, -0.15) is 0 Å². The Kier molecular flexibility index (Phi) is 2.99. The molecule has 2 rings (SSSR count). The SMILES string of the molecule is CCCC1CNC(=O)c2cc(C)cc(C)c21. The number of benzene rings is 1. The highest BCUT2D eigenvalue weighted by molar-refractivity contribution is 5.97. The predicted octanol–water partition coefficient (Wildman–Crippen LogP) is 2.93. The van der Waals surface area contributed by atoms with Gasteiger partial charge in [-0.25, -0.2) is 0 Å². The molecule has 0 saturated carbocycles. The molecule has 0 aliphatic carbocycles. The zero-order valence-corrected chi connectivity index (χ0v) is 10.3. The number of fused-ring (bicyclic) bond motifs is 1. The van der Waals surface area contributed by atoms with Crippen LogP contribution in [0.1, 0.15) is 52.7 Å². The summed E-state index contributed by atoms with van der Waals surface area (Å²) in [6.45, 7) is 7.15. The highest BCUT2D eigenvalue weighted by Crippen LogP contribution is 2.31. The molecule has 0 bridgehead atoms. The third-order valence-corrected chi connectivity index (χ3v) is 3.33. The van der Waals surface area contributed by atoms with Gasteiger partial charge in [-0.15, -0.1) is 0 Å². The van der Waals surface area contributed by atoms with Gasteiger partial charge >= 0.3 is 0 Å². The Labute approximate surface area is 97.1 Å². The number of carbonyl (C=O) groups excluding carboxylic acids is 1. The predicted molar refractivity (Wildman–Crippen MR) is 65.9 cm³/mol. The van der Waals surface area contributed by atoms with Gasteiger partial charge in [0.15, 0.2) is 0 Å². The lowest BCUT2D eigenvalue weighted by Crippen LogP contribution is -2.35. The van der Waals surface area contributed by atoms with Crippen molar-refractivity contribution in [3.63, 3.8) is 0 Å². The number of nitrogens with one attached hydrogen (secondary N) is 1. The van der Waals surface area contributed by atoms with Gasteiger partial charge in [0.1, 0.15) is 0 Å². The Hall–Kier alpha value is -1.31. The largest absolute Gasteiger partial charge is 0.351 e. The standard InChI is InChI=1S/C14H19NO/c1-4-5-11-8-15-14(16)12-7-9(2)6-10(3)13(11)12/h6-7,11H,4-5,8H2,1-3H3,(H,15,16). The molecule has 0 spiro atoms. The van der Waals surface area contributed by atoms with E-state index in [1.807, 2.05) is 13.0 Å². The van der Waals surface area contributed by atoms with E-state index < -0.39 is 0 Å². The van der Waals surface area contributed by atoms with Crippen LogP contribution in [0.2, 0.25) is 0 Å². The maximum absolute atomic E-state index is 11.8. The first-order valence-electron chi connectivity index (χ1n) is 6.02. The molecule has 1 amide bonds. The number of hydrogen-bond acceptors (Lipinski definition) is 1. The second kappa shape index (κ2) is 4.28. The van der Waals surface area contributed by atoms with Gasteiger partial charge in [0.05, 0.1) is 0 Å². The molecule has 1 aromatic carbocycles. The number of amides is 1. The molecule has 0 aromatic heterocycles. The summed E-state index contributed by atoms with van der Waals surface area (Å²) in [5.74, 6) is 0.590. The van der Waals surface area contributed by atoms with E-state index in [1.54, 1.807) is 0 Å². The van der Waals surface area contributed by atoms with Crippen molar-refractivity contribution in [3.05, 3.63) is 34.4 Å². The molecular weight excluding hydrogens is 198 g/mol. The van der Waals surface area contributed by atoms with Crippen molar-refractivity contribution in [3.8, 4) is 0 Å². The number of carbonyl (C=O) groups is 1. The molecule has 1 aliphatic heterocycles. The maximum atomic E-state index is 11.8. The Bertz CT molecular complexity index is 423. The van der Waals surface area contributed by atoms with Crippen molar-refractivity contribution in [1.29, 1.82) is 0 Å². The van der Waals surface area contributed by atoms with Crippen molar-refractivity contribution in [2.24, 2.45) is 0 Å². The average Bonchev–Trinajstić information content (AvgIpc) is 2.22. The van der Waals surface area contributed by atoms with Crippen molar-refractivity contribution in [2.45, 2.75) is 39.5 Å². The molecule has 0 radical (unpaired) electrons. The highest BCUT2D eigenvalue weighted by atomic mass is 16.1. The van der Waals surface area contributed by atoms with Crippen LogP contribution in [-0.2, 0) is 0 Å². The van der Waals surface area contributed by atoms with Crippen LogP contribution in [0.3, 0.4) is 0 Å². The molecule has 1 unspecified atom stereocenters. The molecular formula is C14H19NO. The van der Waals surface area contributed by atoms with Gasteiger partial charge in [-0.3, -0.25) is 4.79 Å².